The molecule has 1 aromatic heterocycles. The molecule has 108 valence electrons. The number of aromatic nitrogens is 2. The van der Waals surface area contributed by atoms with E-state index in [0.29, 0.717) is 23.1 Å². The molecule has 1 unspecified atom stereocenters. The van der Waals surface area contributed by atoms with Crippen LogP contribution in [-0.2, 0) is 15.9 Å². The molecule has 2 rings (SSSR count). The number of nitrogens with zero attached hydrogens (tertiary/aromatic N) is 1. The van der Waals surface area contributed by atoms with E-state index in [1.807, 2.05) is 13.8 Å². The molecule has 1 heterocycles. The summed E-state index contributed by atoms with van der Waals surface area (Å²) in [5.74, 6) is 1.28. The highest BCUT2D eigenvalue weighted by molar-refractivity contribution is 7.91. The summed E-state index contributed by atoms with van der Waals surface area (Å²) in [6.45, 7) is 4.06. The molecule has 7 heteroatoms. The molecule has 1 atom stereocenters. The van der Waals surface area contributed by atoms with E-state index in [0.717, 1.165) is 10.4 Å². The van der Waals surface area contributed by atoms with Gasteiger partial charge in [0.05, 0.1) is 18.1 Å². The van der Waals surface area contributed by atoms with E-state index in [1.54, 1.807) is 18.2 Å². The molecule has 0 radical (unpaired) electrons. The van der Waals surface area contributed by atoms with Gasteiger partial charge < -0.3 is 14.3 Å². The zero-order valence-electron chi connectivity index (χ0n) is 11.6. The fourth-order valence-electron chi connectivity index (χ4n) is 1.73. The number of methoxy groups -OCH3 is 1. The lowest BCUT2D eigenvalue weighted by Gasteiger charge is -2.12. The second-order valence-corrected chi connectivity index (χ2v) is 6.28. The van der Waals surface area contributed by atoms with Gasteiger partial charge in [-0.15, -0.1) is 0 Å². The van der Waals surface area contributed by atoms with Crippen LogP contribution in [0, 0.1) is 5.92 Å². The number of aromatic amines is 1. The molecule has 0 aliphatic heterocycles. The molecule has 1 amide bonds. The summed E-state index contributed by atoms with van der Waals surface area (Å²) < 4.78 is 16.6. The van der Waals surface area contributed by atoms with Crippen molar-refractivity contribution in [2.75, 3.05) is 18.2 Å². The minimum absolute atomic E-state index is 0.304. The van der Waals surface area contributed by atoms with E-state index in [4.69, 9.17) is 0 Å². The molecule has 0 spiro atoms. The monoisotopic (exact) mass is 295 g/mol. The molecule has 6 nitrogen and oxygen atoms in total. The highest BCUT2D eigenvalue weighted by atomic mass is 32.2. The van der Waals surface area contributed by atoms with Gasteiger partial charge in [-0.25, -0.2) is 9.78 Å². The molecule has 0 bridgehead atoms. The topological polar surface area (TPSA) is 90.1 Å². The normalized spacial score (nSPS) is 12.7. The predicted octanol–water partition coefficient (Wildman–Crippen LogP) is 2.50. The number of ether oxygens (including phenoxy) is 1. The van der Waals surface area contributed by atoms with Gasteiger partial charge in [-0.3, -0.25) is 5.32 Å². The van der Waals surface area contributed by atoms with Crippen LogP contribution in [0.15, 0.2) is 23.1 Å². The van der Waals surface area contributed by atoms with Crippen LogP contribution in [0.1, 0.15) is 13.8 Å². The maximum absolute atomic E-state index is 12.1. The Labute approximate surface area is 120 Å². The van der Waals surface area contributed by atoms with Crippen LogP contribution in [0.25, 0.3) is 11.0 Å². The van der Waals surface area contributed by atoms with Crippen molar-refractivity contribution in [2.24, 2.45) is 5.92 Å². The first-order chi connectivity index (χ1) is 9.49. The fraction of sp³-hybridized carbons (Fsp3) is 0.385. The van der Waals surface area contributed by atoms with Crippen LogP contribution < -0.4 is 5.32 Å². The Morgan fingerprint density at radius 1 is 1.55 bits per heavy atom. The minimum Gasteiger partial charge on any atom is -0.611 e. The number of hydrogen-bond donors (Lipinski definition) is 2. The minimum atomic E-state index is -1.04. The number of imidazole rings is 1. The number of rotatable bonds is 4. The van der Waals surface area contributed by atoms with Gasteiger partial charge in [0.25, 0.3) is 0 Å². The zero-order chi connectivity index (χ0) is 14.7. The number of fused-ring (bicyclic) bond motifs is 1. The van der Waals surface area contributed by atoms with Crippen LogP contribution >= 0.6 is 0 Å². The number of H-pyrrole nitrogens is 1. The van der Waals surface area contributed by atoms with Gasteiger partial charge in [0, 0.05) is 6.07 Å². The third-order valence-corrected chi connectivity index (χ3v) is 4.36. The van der Waals surface area contributed by atoms with Gasteiger partial charge in [-0.1, -0.05) is 13.8 Å². The van der Waals surface area contributed by atoms with Gasteiger partial charge in [0.15, 0.2) is 4.90 Å². The van der Waals surface area contributed by atoms with Crippen molar-refractivity contribution in [1.29, 1.82) is 0 Å². The molecule has 0 aliphatic rings. The van der Waals surface area contributed by atoms with Crippen molar-refractivity contribution in [3.8, 4) is 0 Å². The summed E-state index contributed by atoms with van der Waals surface area (Å²) in [6.07, 6.45) is -0.590. The summed E-state index contributed by atoms with van der Waals surface area (Å²) in [5, 5.41) is 2.46. The number of anilines is 1. The van der Waals surface area contributed by atoms with Crippen molar-refractivity contribution in [3.63, 3.8) is 0 Å². The fourth-order valence-corrected chi connectivity index (χ4v) is 2.99. The maximum atomic E-state index is 12.1. The van der Waals surface area contributed by atoms with Crippen molar-refractivity contribution in [2.45, 2.75) is 18.7 Å². The number of nitrogens with one attached hydrogen (secondary N) is 2. The van der Waals surface area contributed by atoms with E-state index in [9.17, 15) is 9.35 Å². The molecule has 1 aromatic carbocycles. The van der Waals surface area contributed by atoms with Crippen molar-refractivity contribution in [1.82, 2.24) is 9.97 Å². The number of carbonyl (C=O) groups is 1. The highest BCUT2D eigenvalue weighted by Gasteiger charge is 2.15. The molecule has 2 N–H and O–H groups in total. The lowest BCUT2D eigenvalue weighted by molar-refractivity contribution is 0.186. The largest absolute Gasteiger partial charge is 0.611 e. The Kier molecular flexibility index (Phi) is 4.51. The van der Waals surface area contributed by atoms with Crippen molar-refractivity contribution in [3.05, 3.63) is 18.2 Å². The van der Waals surface area contributed by atoms with Crippen LogP contribution in [0.4, 0.5) is 10.7 Å². The lowest BCUT2D eigenvalue weighted by atomic mass is 10.3. The maximum Gasteiger partial charge on any atom is 0.413 e. The van der Waals surface area contributed by atoms with E-state index in [2.05, 4.69) is 20.0 Å². The number of hydrogen-bond acceptors (Lipinski definition) is 4. The molecule has 0 aliphatic carbocycles. The van der Waals surface area contributed by atoms with E-state index >= 15 is 0 Å². The summed E-state index contributed by atoms with van der Waals surface area (Å²) in [6, 6.07) is 5.38. The first-order valence-corrected chi connectivity index (χ1v) is 7.54. The van der Waals surface area contributed by atoms with Crippen LogP contribution in [0.3, 0.4) is 0 Å². The van der Waals surface area contributed by atoms with Gasteiger partial charge in [-0.05, 0) is 29.2 Å². The smallest absolute Gasteiger partial charge is 0.413 e. The van der Waals surface area contributed by atoms with Crippen LogP contribution in [0.5, 0.6) is 0 Å². The second-order valence-electron chi connectivity index (χ2n) is 4.79. The Bertz CT molecular complexity index is 612. The zero-order valence-corrected chi connectivity index (χ0v) is 12.4. The number of benzene rings is 1. The first kappa shape index (κ1) is 14.7. The molecule has 0 saturated heterocycles. The number of amides is 1. The molecule has 20 heavy (non-hydrogen) atoms. The van der Waals surface area contributed by atoms with Gasteiger partial charge in [-0.2, -0.15) is 0 Å². The van der Waals surface area contributed by atoms with Gasteiger partial charge >= 0.3 is 6.09 Å². The van der Waals surface area contributed by atoms with Crippen molar-refractivity contribution >= 4 is 34.3 Å². The first-order valence-electron chi connectivity index (χ1n) is 6.22. The van der Waals surface area contributed by atoms with Gasteiger partial charge in [0.2, 0.25) is 5.95 Å². The third-order valence-electron chi connectivity index (χ3n) is 2.61. The van der Waals surface area contributed by atoms with Gasteiger partial charge in [0.1, 0.15) is 5.75 Å². The summed E-state index contributed by atoms with van der Waals surface area (Å²) >= 11 is -1.04. The Morgan fingerprint density at radius 3 is 2.95 bits per heavy atom. The average Bonchev–Trinajstić information content (AvgIpc) is 2.78. The SMILES string of the molecule is COC(=O)Nc1nc2cc([S+]([O-])CC(C)C)ccc2[nH]1. The second kappa shape index (κ2) is 6.15. The number of carbonyl (C=O) groups excluding carboxylic acids is 1. The quantitative estimate of drug-likeness (QED) is 0.848. The molecule has 0 fully saturated rings. The van der Waals surface area contributed by atoms with E-state index < -0.39 is 17.3 Å². The van der Waals surface area contributed by atoms with Crippen molar-refractivity contribution < 1.29 is 14.1 Å². The molecular formula is C13H17N3O3S. The average molecular weight is 295 g/mol. The third kappa shape index (κ3) is 3.43. The van der Waals surface area contributed by atoms with Crippen LogP contribution in [0.2, 0.25) is 0 Å². The predicted molar refractivity (Wildman–Crippen MR) is 78.2 cm³/mol. The molecular weight excluding hydrogens is 278 g/mol. The van der Waals surface area contributed by atoms with E-state index in [-0.39, 0.29) is 0 Å². The summed E-state index contributed by atoms with van der Waals surface area (Å²) in [4.78, 5) is 19.0. The standard InChI is InChI=1S/C13H17N3O3S/c1-8(2)7-20(18)9-4-5-10-11(6-9)15-12(14-10)16-13(17)19-3/h4-6,8H,7H2,1-3H3,(H2,14,15,16,17). The summed E-state index contributed by atoms with van der Waals surface area (Å²) in [5.41, 5.74) is 1.42. The summed E-state index contributed by atoms with van der Waals surface area (Å²) in [7, 11) is 1.28. The highest BCUT2D eigenvalue weighted by Crippen LogP contribution is 2.21. The molecule has 2 aromatic rings. The lowest BCUT2D eigenvalue weighted by Crippen LogP contribution is -2.12. The Hall–Kier alpha value is -1.73. The van der Waals surface area contributed by atoms with Crippen LogP contribution in [-0.4, -0.2) is 33.5 Å². The Balaban J connectivity index is 2.23. The molecule has 0 saturated carbocycles. The van der Waals surface area contributed by atoms with E-state index in [1.165, 1.54) is 7.11 Å². The Morgan fingerprint density at radius 2 is 2.30 bits per heavy atom.